The maximum absolute atomic E-state index is 13.0. The van der Waals surface area contributed by atoms with Crippen LogP contribution in [-0.2, 0) is 9.59 Å². The molecule has 0 aliphatic heterocycles. The first-order chi connectivity index (χ1) is 13.5. The molecule has 6 rings (SSSR count). The van der Waals surface area contributed by atoms with Crippen LogP contribution in [0.2, 0.25) is 0 Å². The molecule has 28 heavy (non-hydrogen) atoms. The molecule has 1 atom stereocenters. The predicted molar refractivity (Wildman–Crippen MR) is 107 cm³/mol. The number of nitrogens with one attached hydrogen (secondary N) is 2. The van der Waals surface area contributed by atoms with Crippen LogP contribution in [0.15, 0.2) is 12.3 Å². The van der Waals surface area contributed by atoms with E-state index < -0.39 is 0 Å². The van der Waals surface area contributed by atoms with Crippen molar-refractivity contribution in [2.45, 2.75) is 70.8 Å². The molecule has 5 aliphatic carbocycles. The zero-order valence-electron chi connectivity index (χ0n) is 16.8. The molecular weight excluding hydrogens is 352 g/mol. The van der Waals surface area contributed by atoms with Gasteiger partial charge in [-0.1, -0.05) is 0 Å². The van der Waals surface area contributed by atoms with E-state index in [1.807, 2.05) is 10.7 Å². The van der Waals surface area contributed by atoms with Crippen LogP contribution in [0.5, 0.6) is 0 Å². The van der Waals surface area contributed by atoms with E-state index in [2.05, 4.69) is 22.7 Å². The SMILES string of the molecule is CC(C1CC1)n1nccc1NC(=O)CCNC(=O)C12CC3CC(CC(C3)C1)C2. The van der Waals surface area contributed by atoms with Gasteiger partial charge in [0.05, 0.1) is 12.2 Å². The lowest BCUT2D eigenvalue weighted by Gasteiger charge is -2.55. The molecule has 2 amide bonds. The molecule has 6 heteroatoms. The molecule has 4 bridgehead atoms. The van der Waals surface area contributed by atoms with Crippen molar-refractivity contribution in [2.24, 2.45) is 29.1 Å². The van der Waals surface area contributed by atoms with Gasteiger partial charge in [-0.3, -0.25) is 9.59 Å². The second-order valence-electron chi connectivity index (χ2n) is 9.99. The number of hydrogen-bond acceptors (Lipinski definition) is 3. The Morgan fingerprint density at radius 3 is 2.43 bits per heavy atom. The molecule has 5 fully saturated rings. The third-order valence-corrected chi connectivity index (χ3v) is 7.79. The summed E-state index contributed by atoms with van der Waals surface area (Å²) in [5.41, 5.74) is -0.135. The molecule has 5 saturated carbocycles. The van der Waals surface area contributed by atoms with Crippen LogP contribution in [0.3, 0.4) is 0 Å². The molecule has 0 radical (unpaired) electrons. The summed E-state index contributed by atoms with van der Waals surface area (Å²) in [4.78, 5) is 25.4. The first kappa shape index (κ1) is 18.2. The summed E-state index contributed by atoms with van der Waals surface area (Å²) in [7, 11) is 0. The molecule has 152 valence electrons. The van der Waals surface area contributed by atoms with Crippen LogP contribution in [0.1, 0.15) is 70.8 Å². The summed E-state index contributed by atoms with van der Waals surface area (Å²) in [5.74, 6) is 3.85. The average molecular weight is 385 g/mol. The highest BCUT2D eigenvalue weighted by Gasteiger charge is 2.54. The topological polar surface area (TPSA) is 76.0 Å². The predicted octanol–water partition coefficient (Wildman–Crippen LogP) is 3.52. The number of nitrogens with zero attached hydrogens (tertiary/aromatic N) is 2. The van der Waals surface area contributed by atoms with Crippen LogP contribution in [0.25, 0.3) is 0 Å². The fraction of sp³-hybridized carbons (Fsp3) is 0.773. The van der Waals surface area contributed by atoms with Gasteiger partial charge in [0.15, 0.2) is 0 Å². The van der Waals surface area contributed by atoms with Crippen LogP contribution in [0, 0.1) is 29.1 Å². The van der Waals surface area contributed by atoms with Gasteiger partial charge in [-0.15, -0.1) is 0 Å². The zero-order valence-corrected chi connectivity index (χ0v) is 16.8. The quantitative estimate of drug-likeness (QED) is 0.755. The van der Waals surface area contributed by atoms with Crippen molar-refractivity contribution in [1.29, 1.82) is 0 Å². The van der Waals surface area contributed by atoms with Gasteiger partial charge < -0.3 is 10.6 Å². The third-order valence-electron chi connectivity index (χ3n) is 7.79. The summed E-state index contributed by atoms with van der Waals surface area (Å²) in [6, 6.07) is 2.17. The Morgan fingerprint density at radius 1 is 1.18 bits per heavy atom. The Labute approximate surface area is 166 Å². The molecule has 0 aromatic carbocycles. The Balaban J connectivity index is 1.12. The van der Waals surface area contributed by atoms with Crippen molar-refractivity contribution in [1.82, 2.24) is 15.1 Å². The van der Waals surface area contributed by atoms with Crippen LogP contribution in [0.4, 0.5) is 5.82 Å². The largest absolute Gasteiger partial charge is 0.355 e. The number of anilines is 1. The Morgan fingerprint density at radius 2 is 1.82 bits per heavy atom. The maximum Gasteiger partial charge on any atom is 0.227 e. The lowest BCUT2D eigenvalue weighted by atomic mass is 9.49. The summed E-state index contributed by atoms with van der Waals surface area (Å²) in [6.45, 7) is 2.57. The molecule has 1 heterocycles. The van der Waals surface area contributed by atoms with Crippen molar-refractivity contribution < 1.29 is 9.59 Å². The number of rotatable bonds is 7. The standard InChI is InChI=1S/C22H32N4O2/c1-14(18-2-3-18)26-19(4-7-24-26)25-20(27)5-6-23-21(28)22-11-15-8-16(12-22)10-17(9-15)13-22/h4,7,14-18H,2-3,5-6,8-13H2,1H3,(H,23,28)(H,25,27). The van der Waals surface area contributed by atoms with Crippen LogP contribution >= 0.6 is 0 Å². The minimum Gasteiger partial charge on any atom is -0.355 e. The molecular formula is C22H32N4O2. The first-order valence-corrected chi connectivity index (χ1v) is 11.1. The number of amides is 2. The van der Waals surface area contributed by atoms with E-state index in [1.165, 1.54) is 32.1 Å². The van der Waals surface area contributed by atoms with Crippen molar-refractivity contribution in [2.75, 3.05) is 11.9 Å². The Hall–Kier alpha value is -1.85. The van der Waals surface area contributed by atoms with Crippen molar-refractivity contribution in [3.8, 4) is 0 Å². The lowest BCUT2D eigenvalue weighted by molar-refractivity contribution is -0.146. The van der Waals surface area contributed by atoms with Crippen molar-refractivity contribution in [3.05, 3.63) is 12.3 Å². The van der Waals surface area contributed by atoms with E-state index in [9.17, 15) is 9.59 Å². The molecule has 1 aromatic rings. The van der Waals surface area contributed by atoms with Crippen LogP contribution in [-0.4, -0.2) is 28.1 Å². The van der Waals surface area contributed by atoms with Gasteiger partial charge in [-0.25, -0.2) is 4.68 Å². The Bertz CT molecular complexity index is 731. The molecule has 0 spiro atoms. The number of carbonyl (C=O) groups is 2. The highest BCUT2D eigenvalue weighted by atomic mass is 16.2. The summed E-state index contributed by atoms with van der Waals surface area (Å²) in [5, 5.41) is 10.4. The number of carbonyl (C=O) groups excluding carboxylic acids is 2. The van der Waals surface area contributed by atoms with Gasteiger partial charge in [0.2, 0.25) is 11.8 Å². The highest BCUT2D eigenvalue weighted by Crippen LogP contribution is 2.60. The molecule has 5 aliphatic rings. The van der Waals surface area contributed by atoms with E-state index in [1.54, 1.807) is 6.20 Å². The summed E-state index contributed by atoms with van der Waals surface area (Å²) < 4.78 is 1.92. The number of aromatic nitrogens is 2. The van der Waals surface area contributed by atoms with Gasteiger partial charge in [0.1, 0.15) is 5.82 Å². The van der Waals surface area contributed by atoms with E-state index in [0.29, 0.717) is 24.9 Å². The molecule has 2 N–H and O–H groups in total. The van der Waals surface area contributed by atoms with Gasteiger partial charge >= 0.3 is 0 Å². The van der Waals surface area contributed by atoms with Gasteiger partial charge in [-0.05, 0) is 82.0 Å². The van der Waals surface area contributed by atoms with Crippen molar-refractivity contribution >= 4 is 17.6 Å². The monoisotopic (exact) mass is 384 g/mol. The van der Waals surface area contributed by atoms with Crippen molar-refractivity contribution in [3.63, 3.8) is 0 Å². The van der Waals surface area contributed by atoms with Gasteiger partial charge in [0.25, 0.3) is 0 Å². The van der Waals surface area contributed by atoms with E-state index in [4.69, 9.17) is 0 Å². The lowest BCUT2D eigenvalue weighted by Crippen LogP contribution is -2.53. The fourth-order valence-corrected chi connectivity index (χ4v) is 6.59. The second kappa shape index (κ2) is 6.89. The van der Waals surface area contributed by atoms with E-state index in [0.717, 1.165) is 42.8 Å². The molecule has 1 unspecified atom stereocenters. The zero-order chi connectivity index (χ0) is 19.3. The smallest absolute Gasteiger partial charge is 0.227 e. The fourth-order valence-electron chi connectivity index (χ4n) is 6.59. The second-order valence-corrected chi connectivity index (χ2v) is 9.99. The highest BCUT2D eigenvalue weighted by molar-refractivity contribution is 5.90. The third kappa shape index (κ3) is 3.35. The van der Waals surface area contributed by atoms with Crippen LogP contribution < -0.4 is 10.6 Å². The minimum absolute atomic E-state index is 0.0597. The molecule has 0 saturated heterocycles. The Kier molecular flexibility index (Phi) is 4.48. The average Bonchev–Trinajstić information content (AvgIpc) is 3.39. The summed E-state index contributed by atoms with van der Waals surface area (Å²) >= 11 is 0. The first-order valence-electron chi connectivity index (χ1n) is 11.1. The van der Waals surface area contributed by atoms with E-state index in [-0.39, 0.29) is 17.2 Å². The number of hydrogen-bond donors (Lipinski definition) is 2. The molecule has 6 nitrogen and oxygen atoms in total. The maximum atomic E-state index is 13.0. The molecule has 1 aromatic heterocycles. The minimum atomic E-state index is -0.135. The normalized spacial score (nSPS) is 34.2. The summed E-state index contributed by atoms with van der Waals surface area (Å²) in [6.07, 6.45) is 11.7. The van der Waals surface area contributed by atoms with Gasteiger partial charge in [-0.2, -0.15) is 5.10 Å². The van der Waals surface area contributed by atoms with E-state index >= 15 is 0 Å². The van der Waals surface area contributed by atoms with Gasteiger partial charge in [0, 0.05) is 24.4 Å².